The molecule has 1 saturated heterocycles. The van der Waals surface area contributed by atoms with E-state index in [9.17, 15) is 5.11 Å². The van der Waals surface area contributed by atoms with Crippen molar-refractivity contribution >= 4 is 10.9 Å². The minimum atomic E-state index is -0.732. The summed E-state index contributed by atoms with van der Waals surface area (Å²) in [5.74, 6) is 0. The van der Waals surface area contributed by atoms with E-state index in [4.69, 9.17) is 4.74 Å². The van der Waals surface area contributed by atoms with Crippen LogP contribution in [-0.4, -0.2) is 28.5 Å². The number of H-pyrrole nitrogens is 1. The Morgan fingerprint density at radius 2 is 2.12 bits per heavy atom. The summed E-state index contributed by atoms with van der Waals surface area (Å²) in [4.78, 5) is 0. The van der Waals surface area contributed by atoms with Crippen molar-refractivity contribution in [2.45, 2.75) is 18.4 Å². The number of ether oxygens (including phenoxy) is 1. The van der Waals surface area contributed by atoms with Gasteiger partial charge >= 0.3 is 0 Å². The number of aliphatic hydroxyl groups is 1. The summed E-state index contributed by atoms with van der Waals surface area (Å²) in [5.41, 5.74) is 1.23. The third-order valence-electron chi connectivity index (χ3n) is 3.30. The highest BCUT2D eigenvalue weighted by molar-refractivity contribution is 5.78. The quantitative estimate of drug-likeness (QED) is 0.763. The zero-order valence-corrected chi connectivity index (χ0v) is 8.94. The van der Waals surface area contributed by atoms with Gasteiger partial charge in [0.25, 0.3) is 0 Å². The molecule has 1 fully saturated rings. The Balaban J connectivity index is 2.03. The first-order valence-corrected chi connectivity index (χ1v) is 5.52. The van der Waals surface area contributed by atoms with Gasteiger partial charge in [0.1, 0.15) is 0 Å². The SMILES string of the molecule is OC1(c2ccc3[nH]ncc3c2)CCOCC1. The number of aromatic amines is 1. The average molecular weight is 218 g/mol. The first-order chi connectivity index (χ1) is 7.78. The Bertz CT molecular complexity index is 500. The van der Waals surface area contributed by atoms with E-state index < -0.39 is 5.60 Å². The second-order valence-corrected chi connectivity index (χ2v) is 4.32. The molecule has 0 bridgehead atoms. The minimum Gasteiger partial charge on any atom is -0.385 e. The van der Waals surface area contributed by atoms with Crippen LogP contribution in [0, 0.1) is 0 Å². The fourth-order valence-corrected chi connectivity index (χ4v) is 2.23. The van der Waals surface area contributed by atoms with Crippen LogP contribution in [0.2, 0.25) is 0 Å². The average Bonchev–Trinajstić information content (AvgIpc) is 2.77. The third-order valence-corrected chi connectivity index (χ3v) is 3.30. The minimum absolute atomic E-state index is 0.625. The molecule has 1 aromatic carbocycles. The van der Waals surface area contributed by atoms with Gasteiger partial charge < -0.3 is 9.84 Å². The van der Waals surface area contributed by atoms with E-state index in [1.54, 1.807) is 6.20 Å². The molecular weight excluding hydrogens is 204 g/mol. The van der Waals surface area contributed by atoms with E-state index in [1.807, 2.05) is 18.2 Å². The monoisotopic (exact) mass is 218 g/mol. The van der Waals surface area contributed by atoms with Gasteiger partial charge in [-0.25, -0.2) is 0 Å². The second-order valence-electron chi connectivity index (χ2n) is 4.32. The lowest BCUT2D eigenvalue weighted by molar-refractivity contribution is -0.0678. The first kappa shape index (κ1) is 9.81. The van der Waals surface area contributed by atoms with Gasteiger partial charge in [0, 0.05) is 31.4 Å². The van der Waals surface area contributed by atoms with Crippen molar-refractivity contribution in [2.75, 3.05) is 13.2 Å². The molecule has 2 heterocycles. The van der Waals surface area contributed by atoms with E-state index in [2.05, 4.69) is 10.2 Å². The number of hydrogen-bond acceptors (Lipinski definition) is 3. The number of nitrogens with zero attached hydrogens (tertiary/aromatic N) is 1. The predicted octanol–water partition coefficient (Wildman–Crippen LogP) is 1.56. The van der Waals surface area contributed by atoms with Gasteiger partial charge in [-0.1, -0.05) is 6.07 Å². The van der Waals surface area contributed by atoms with Crippen LogP contribution in [0.4, 0.5) is 0 Å². The van der Waals surface area contributed by atoms with Crippen molar-refractivity contribution in [3.8, 4) is 0 Å². The summed E-state index contributed by atoms with van der Waals surface area (Å²) in [5, 5.41) is 18.5. The standard InChI is InChI=1S/C12H14N2O2/c15-12(3-5-16-6-4-12)10-1-2-11-9(7-10)8-13-14-11/h1-2,7-8,15H,3-6H2,(H,13,14). The zero-order valence-electron chi connectivity index (χ0n) is 8.94. The molecule has 0 amide bonds. The van der Waals surface area contributed by atoms with Crippen molar-refractivity contribution in [3.63, 3.8) is 0 Å². The molecule has 16 heavy (non-hydrogen) atoms. The van der Waals surface area contributed by atoms with Gasteiger partial charge in [-0.05, 0) is 17.7 Å². The lowest BCUT2D eigenvalue weighted by atomic mass is 9.86. The van der Waals surface area contributed by atoms with Gasteiger partial charge in [0.15, 0.2) is 0 Å². The predicted molar refractivity (Wildman–Crippen MR) is 60.0 cm³/mol. The maximum atomic E-state index is 10.5. The summed E-state index contributed by atoms with van der Waals surface area (Å²) in [7, 11) is 0. The molecular formula is C12H14N2O2. The molecule has 0 saturated carbocycles. The Kier molecular flexibility index (Phi) is 2.19. The summed E-state index contributed by atoms with van der Waals surface area (Å²) in [6.07, 6.45) is 3.11. The van der Waals surface area contributed by atoms with E-state index in [-0.39, 0.29) is 0 Å². The van der Waals surface area contributed by atoms with Crippen LogP contribution in [-0.2, 0) is 10.3 Å². The highest BCUT2D eigenvalue weighted by Gasteiger charge is 2.31. The van der Waals surface area contributed by atoms with Gasteiger partial charge in [-0.3, -0.25) is 5.10 Å². The van der Waals surface area contributed by atoms with Crippen LogP contribution >= 0.6 is 0 Å². The Hall–Kier alpha value is -1.39. The number of fused-ring (bicyclic) bond motifs is 1. The Morgan fingerprint density at radius 1 is 1.31 bits per heavy atom. The molecule has 1 aliphatic rings. The molecule has 4 heteroatoms. The maximum Gasteiger partial charge on any atom is 0.0940 e. The van der Waals surface area contributed by atoms with Gasteiger partial charge in [0.2, 0.25) is 0 Å². The van der Waals surface area contributed by atoms with Crippen molar-refractivity contribution < 1.29 is 9.84 Å². The maximum absolute atomic E-state index is 10.5. The van der Waals surface area contributed by atoms with E-state index in [0.717, 1.165) is 16.5 Å². The Morgan fingerprint density at radius 3 is 2.94 bits per heavy atom. The lowest BCUT2D eigenvalue weighted by Gasteiger charge is -2.32. The molecule has 1 aromatic heterocycles. The molecule has 0 aliphatic carbocycles. The molecule has 0 unspecified atom stereocenters. The summed E-state index contributed by atoms with van der Waals surface area (Å²) >= 11 is 0. The van der Waals surface area contributed by atoms with Crippen LogP contribution in [0.3, 0.4) is 0 Å². The zero-order chi connectivity index (χ0) is 11.0. The molecule has 0 spiro atoms. The number of rotatable bonds is 1. The van der Waals surface area contributed by atoms with Crippen LogP contribution in [0.15, 0.2) is 24.4 Å². The van der Waals surface area contributed by atoms with Crippen molar-refractivity contribution in [1.29, 1.82) is 0 Å². The largest absolute Gasteiger partial charge is 0.385 e. The smallest absolute Gasteiger partial charge is 0.0940 e. The first-order valence-electron chi connectivity index (χ1n) is 5.52. The fraction of sp³-hybridized carbons (Fsp3) is 0.417. The molecule has 1 aliphatic heterocycles. The normalized spacial score (nSPS) is 20.1. The molecule has 3 rings (SSSR count). The van der Waals surface area contributed by atoms with Crippen molar-refractivity contribution in [2.24, 2.45) is 0 Å². The molecule has 0 radical (unpaired) electrons. The molecule has 2 aromatic rings. The van der Waals surface area contributed by atoms with E-state index >= 15 is 0 Å². The van der Waals surface area contributed by atoms with Gasteiger partial charge in [-0.2, -0.15) is 5.10 Å². The molecule has 0 atom stereocenters. The summed E-state index contributed by atoms with van der Waals surface area (Å²) < 4.78 is 5.28. The highest BCUT2D eigenvalue weighted by Crippen LogP contribution is 2.33. The Labute approximate surface area is 93.2 Å². The van der Waals surface area contributed by atoms with Crippen LogP contribution < -0.4 is 0 Å². The summed E-state index contributed by atoms with van der Waals surface area (Å²) in [6, 6.07) is 5.93. The molecule has 4 nitrogen and oxygen atoms in total. The highest BCUT2D eigenvalue weighted by atomic mass is 16.5. The van der Waals surface area contributed by atoms with Crippen molar-refractivity contribution in [1.82, 2.24) is 10.2 Å². The number of benzene rings is 1. The third kappa shape index (κ3) is 1.50. The van der Waals surface area contributed by atoms with Crippen LogP contribution in [0.25, 0.3) is 10.9 Å². The van der Waals surface area contributed by atoms with Crippen molar-refractivity contribution in [3.05, 3.63) is 30.0 Å². The van der Waals surface area contributed by atoms with Crippen LogP contribution in [0.1, 0.15) is 18.4 Å². The lowest BCUT2D eigenvalue weighted by Crippen LogP contribution is -2.33. The number of aromatic nitrogens is 2. The van der Waals surface area contributed by atoms with Crippen LogP contribution in [0.5, 0.6) is 0 Å². The molecule has 84 valence electrons. The topological polar surface area (TPSA) is 58.1 Å². The van der Waals surface area contributed by atoms with Gasteiger partial charge in [0.05, 0.1) is 17.3 Å². The number of nitrogens with one attached hydrogen (secondary N) is 1. The fourth-order valence-electron chi connectivity index (χ4n) is 2.23. The van der Waals surface area contributed by atoms with E-state index in [0.29, 0.717) is 26.1 Å². The van der Waals surface area contributed by atoms with Gasteiger partial charge in [-0.15, -0.1) is 0 Å². The van der Waals surface area contributed by atoms with E-state index in [1.165, 1.54) is 0 Å². The summed E-state index contributed by atoms with van der Waals surface area (Å²) in [6.45, 7) is 1.25. The second kappa shape index (κ2) is 3.57. The number of hydrogen-bond donors (Lipinski definition) is 2. The molecule has 2 N–H and O–H groups in total.